The lowest BCUT2D eigenvalue weighted by molar-refractivity contribution is -0.138. The van der Waals surface area contributed by atoms with Gasteiger partial charge >= 0.3 is 5.97 Å². The molecule has 3 nitrogen and oxygen atoms in total. The van der Waals surface area contributed by atoms with E-state index in [9.17, 15) is 4.79 Å². The van der Waals surface area contributed by atoms with Crippen molar-refractivity contribution < 1.29 is 9.90 Å². The molecule has 0 unspecified atom stereocenters. The summed E-state index contributed by atoms with van der Waals surface area (Å²) in [5, 5.41) is 8.71. The first-order valence-corrected chi connectivity index (χ1v) is 6.03. The van der Waals surface area contributed by atoms with Crippen molar-refractivity contribution in [1.82, 2.24) is 0 Å². The summed E-state index contributed by atoms with van der Waals surface area (Å²) >= 11 is 0. The average molecular weight is 213 g/mol. The monoisotopic (exact) mass is 213 g/mol. The fourth-order valence-electron chi connectivity index (χ4n) is 2.47. The van der Waals surface area contributed by atoms with E-state index in [1.807, 2.05) is 0 Å². The second kappa shape index (κ2) is 6.11. The zero-order valence-corrected chi connectivity index (χ0v) is 9.61. The topological polar surface area (TPSA) is 63.3 Å². The zero-order valence-electron chi connectivity index (χ0n) is 9.61. The molecule has 2 atom stereocenters. The number of nitrogens with two attached hydrogens (primary N) is 1. The number of hydrogen-bond acceptors (Lipinski definition) is 2. The van der Waals surface area contributed by atoms with Crippen molar-refractivity contribution in [2.75, 3.05) is 6.54 Å². The van der Waals surface area contributed by atoms with E-state index in [1.165, 1.54) is 25.7 Å². The van der Waals surface area contributed by atoms with Crippen LogP contribution in [0.25, 0.3) is 0 Å². The molecule has 0 amide bonds. The van der Waals surface area contributed by atoms with Crippen molar-refractivity contribution in [3.63, 3.8) is 0 Å². The van der Waals surface area contributed by atoms with Crippen molar-refractivity contribution in [3.05, 3.63) is 0 Å². The van der Waals surface area contributed by atoms with E-state index in [0.717, 1.165) is 12.3 Å². The van der Waals surface area contributed by atoms with Gasteiger partial charge in [-0.2, -0.15) is 0 Å². The minimum Gasteiger partial charge on any atom is -0.481 e. The third-order valence-corrected chi connectivity index (χ3v) is 3.49. The van der Waals surface area contributed by atoms with Crippen molar-refractivity contribution in [2.45, 2.75) is 45.4 Å². The van der Waals surface area contributed by atoms with Gasteiger partial charge in [0.15, 0.2) is 0 Å². The summed E-state index contributed by atoms with van der Waals surface area (Å²) in [7, 11) is 0. The van der Waals surface area contributed by atoms with E-state index in [-0.39, 0.29) is 12.3 Å². The Bertz CT molecular complexity index is 202. The first kappa shape index (κ1) is 12.5. The van der Waals surface area contributed by atoms with Crippen LogP contribution in [0, 0.1) is 17.8 Å². The van der Waals surface area contributed by atoms with Crippen LogP contribution < -0.4 is 5.73 Å². The van der Waals surface area contributed by atoms with E-state index in [1.54, 1.807) is 0 Å². The Labute approximate surface area is 92.0 Å². The van der Waals surface area contributed by atoms with Crippen LogP contribution in [0.15, 0.2) is 0 Å². The summed E-state index contributed by atoms with van der Waals surface area (Å²) in [6.45, 7) is 2.73. The van der Waals surface area contributed by atoms with E-state index in [2.05, 4.69) is 6.92 Å². The molecule has 1 aliphatic carbocycles. The van der Waals surface area contributed by atoms with Crippen LogP contribution in [-0.2, 0) is 4.79 Å². The van der Waals surface area contributed by atoms with Gasteiger partial charge in [-0.1, -0.05) is 26.2 Å². The van der Waals surface area contributed by atoms with Crippen LogP contribution in [0.2, 0.25) is 0 Å². The van der Waals surface area contributed by atoms with Gasteiger partial charge in [0.2, 0.25) is 0 Å². The van der Waals surface area contributed by atoms with Crippen LogP contribution in [0.3, 0.4) is 0 Å². The fourth-order valence-corrected chi connectivity index (χ4v) is 2.47. The minimum absolute atomic E-state index is 0.164. The zero-order chi connectivity index (χ0) is 11.3. The standard InChI is InChI=1S/C12H23NO2/c1-9(5-10-3-2-4-10)6-11(8-13)7-12(14)15/h9-11H,2-8,13H2,1H3,(H,14,15)/t9-,11+/m1/s1. The molecule has 0 radical (unpaired) electrons. The highest BCUT2D eigenvalue weighted by Gasteiger charge is 2.22. The summed E-state index contributed by atoms with van der Waals surface area (Å²) in [6.07, 6.45) is 6.58. The van der Waals surface area contributed by atoms with Gasteiger partial charge < -0.3 is 10.8 Å². The van der Waals surface area contributed by atoms with Gasteiger partial charge in [0.1, 0.15) is 0 Å². The average Bonchev–Trinajstić information content (AvgIpc) is 2.09. The van der Waals surface area contributed by atoms with Gasteiger partial charge in [0.25, 0.3) is 0 Å². The molecule has 0 spiro atoms. The molecule has 0 aromatic rings. The molecular formula is C12H23NO2. The van der Waals surface area contributed by atoms with Crippen molar-refractivity contribution in [2.24, 2.45) is 23.5 Å². The summed E-state index contributed by atoms with van der Waals surface area (Å²) in [4.78, 5) is 10.6. The summed E-state index contributed by atoms with van der Waals surface area (Å²) in [5.41, 5.74) is 5.58. The van der Waals surface area contributed by atoms with Gasteiger partial charge in [0, 0.05) is 6.42 Å². The second-order valence-electron chi connectivity index (χ2n) is 5.07. The molecule has 0 aliphatic heterocycles. The quantitative estimate of drug-likeness (QED) is 0.681. The molecule has 0 heterocycles. The number of rotatable bonds is 7. The smallest absolute Gasteiger partial charge is 0.303 e. The molecule has 0 saturated heterocycles. The SMILES string of the molecule is C[C@H](CC1CCC1)C[C@H](CN)CC(=O)O. The third-order valence-electron chi connectivity index (χ3n) is 3.49. The maximum Gasteiger partial charge on any atom is 0.303 e. The molecule has 3 heteroatoms. The minimum atomic E-state index is -0.721. The molecule has 1 fully saturated rings. The Morgan fingerprint density at radius 3 is 2.60 bits per heavy atom. The van der Waals surface area contributed by atoms with E-state index >= 15 is 0 Å². The van der Waals surface area contributed by atoms with Crippen LogP contribution in [0.1, 0.15) is 45.4 Å². The van der Waals surface area contributed by atoms with Crippen LogP contribution in [-0.4, -0.2) is 17.6 Å². The highest BCUT2D eigenvalue weighted by molar-refractivity contribution is 5.67. The molecular weight excluding hydrogens is 190 g/mol. The van der Waals surface area contributed by atoms with Crippen LogP contribution in [0.5, 0.6) is 0 Å². The normalized spacial score (nSPS) is 20.7. The van der Waals surface area contributed by atoms with E-state index in [0.29, 0.717) is 12.5 Å². The van der Waals surface area contributed by atoms with Gasteiger partial charge in [-0.05, 0) is 37.1 Å². The summed E-state index contributed by atoms with van der Waals surface area (Å²) in [5.74, 6) is 0.977. The van der Waals surface area contributed by atoms with Gasteiger partial charge in [-0.3, -0.25) is 4.79 Å². The predicted octanol–water partition coefficient (Wildman–Crippen LogP) is 2.25. The first-order valence-electron chi connectivity index (χ1n) is 6.03. The Hall–Kier alpha value is -0.570. The molecule has 1 rings (SSSR count). The number of carbonyl (C=O) groups is 1. The van der Waals surface area contributed by atoms with Gasteiger partial charge in [0.05, 0.1) is 0 Å². The lowest BCUT2D eigenvalue weighted by Crippen LogP contribution is -2.22. The largest absolute Gasteiger partial charge is 0.481 e. The Morgan fingerprint density at radius 2 is 2.20 bits per heavy atom. The highest BCUT2D eigenvalue weighted by Crippen LogP contribution is 2.34. The van der Waals surface area contributed by atoms with Crippen molar-refractivity contribution in [3.8, 4) is 0 Å². The molecule has 88 valence electrons. The molecule has 1 aliphatic rings. The molecule has 1 saturated carbocycles. The van der Waals surface area contributed by atoms with Gasteiger partial charge in [-0.25, -0.2) is 0 Å². The van der Waals surface area contributed by atoms with Crippen LogP contribution in [0.4, 0.5) is 0 Å². The summed E-state index contributed by atoms with van der Waals surface area (Å²) in [6, 6.07) is 0. The lowest BCUT2D eigenvalue weighted by atomic mass is 9.77. The Morgan fingerprint density at radius 1 is 1.53 bits per heavy atom. The molecule has 3 N–H and O–H groups in total. The number of hydrogen-bond donors (Lipinski definition) is 2. The van der Waals surface area contributed by atoms with E-state index < -0.39 is 5.97 Å². The fraction of sp³-hybridized carbons (Fsp3) is 0.917. The van der Waals surface area contributed by atoms with Crippen LogP contribution >= 0.6 is 0 Å². The molecule has 0 aromatic carbocycles. The van der Waals surface area contributed by atoms with Gasteiger partial charge in [-0.15, -0.1) is 0 Å². The maximum atomic E-state index is 10.6. The summed E-state index contributed by atoms with van der Waals surface area (Å²) < 4.78 is 0. The lowest BCUT2D eigenvalue weighted by Gasteiger charge is -2.29. The Kier molecular flexibility index (Phi) is 5.09. The molecule has 0 aromatic heterocycles. The molecule has 15 heavy (non-hydrogen) atoms. The van der Waals surface area contributed by atoms with E-state index in [4.69, 9.17) is 10.8 Å². The highest BCUT2D eigenvalue weighted by atomic mass is 16.4. The first-order chi connectivity index (χ1) is 7.11. The third kappa shape index (κ3) is 4.65. The Balaban J connectivity index is 2.20. The number of carboxylic acid groups (broad SMARTS) is 1. The number of carboxylic acids is 1. The van der Waals surface area contributed by atoms with Crippen molar-refractivity contribution >= 4 is 5.97 Å². The maximum absolute atomic E-state index is 10.6. The van der Waals surface area contributed by atoms with Crippen molar-refractivity contribution in [1.29, 1.82) is 0 Å². The number of aliphatic carboxylic acids is 1. The molecule has 0 bridgehead atoms. The predicted molar refractivity (Wildman–Crippen MR) is 60.5 cm³/mol. The second-order valence-corrected chi connectivity index (χ2v) is 5.07.